The third-order valence-corrected chi connectivity index (χ3v) is 2.82. The molecule has 0 radical (unpaired) electrons. The molecule has 2 atom stereocenters. The first-order valence-corrected chi connectivity index (χ1v) is 5.59. The summed E-state index contributed by atoms with van der Waals surface area (Å²) in [7, 11) is 0. The maximum Gasteiger partial charge on any atom is 0.114 e. The lowest BCUT2D eigenvalue weighted by atomic mass is 9.98. The zero-order valence-electron chi connectivity index (χ0n) is 9.89. The number of aliphatic hydroxyl groups is 2. The fourth-order valence-electron chi connectivity index (χ4n) is 1.50. The van der Waals surface area contributed by atoms with E-state index in [9.17, 15) is 10.2 Å². The van der Waals surface area contributed by atoms with Crippen LogP contribution in [0.3, 0.4) is 0 Å². The first-order valence-electron chi connectivity index (χ1n) is 5.59. The van der Waals surface area contributed by atoms with Crippen molar-refractivity contribution in [2.75, 3.05) is 6.61 Å². The molecular weight excluding hydrogens is 204 g/mol. The van der Waals surface area contributed by atoms with Gasteiger partial charge in [-0.3, -0.25) is 0 Å². The smallest absolute Gasteiger partial charge is 0.114 e. The van der Waals surface area contributed by atoms with Gasteiger partial charge in [-0.2, -0.15) is 0 Å². The minimum atomic E-state index is -0.884. The quantitative estimate of drug-likeness (QED) is 0.773. The van der Waals surface area contributed by atoms with Crippen LogP contribution in [0.25, 0.3) is 0 Å². The number of hydrogen-bond donors (Lipinski definition) is 2. The zero-order valence-corrected chi connectivity index (χ0v) is 9.89. The van der Waals surface area contributed by atoms with Gasteiger partial charge in [0.15, 0.2) is 0 Å². The van der Waals surface area contributed by atoms with E-state index in [0.29, 0.717) is 13.0 Å². The first-order chi connectivity index (χ1) is 7.62. The molecule has 0 aromatic heterocycles. The minimum Gasteiger partial charge on any atom is -0.393 e. The van der Waals surface area contributed by atoms with E-state index in [1.807, 2.05) is 37.3 Å². The molecule has 0 amide bonds. The highest BCUT2D eigenvalue weighted by Gasteiger charge is 2.32. The average molecular weight is 224 g/mol. The standard InChI is InChI=1S/C13H20O3/c1-3-12(15)13(2,10-14)16-9-11-7-5-4-6-8-11/h4-8,12,14-15H,3,9-10H2,1-2H3/t12-,13+/m1/s1. The van der Waals surface area contributed by atoms with E-state index in [-0.39, 0.29) is 6.61 Å². The number of benzene rings is 1. The van der Waals surface area contributed by atoms with Crippen LogP contribution in [0.2, 0.25) is 0 Å². The summed E-state index contributed by atoms with van der Waals surface area (Å²) in [5, 5.41) is 19.0. The molecule has 0 aliphatic heterocycles. The molecule has 0 fully saturated rings. The Morgan fingerprint density at radius 3 is 2.44 bits per heavy atom. The Hall–Kier alpha value is -0.900. The monoisotopic (exact) mass is 224 g/mol. The van der Waals surface area contributed by atoms with E-state index < -0.39 is 11.7 Å². The van der Waals surface area contributed by atoms with Gasteiger partial charge >= 0.3 is 0 Å². The van der Waals surface area contributed by atoms with Crippen LogP contribution in [-0.2, 0) is 11.3 Å². The van der Waals surface area contributed by atoms with Crippen LogP contribution in [0.4, 0.5) is 0 Å². The van der Waals surface area contributed by atoms with Gasteiger partial charge in [-0.05, 0) is 18.9 Å². The molecule has 0 heterocycles. The molecule has 0 bridgehead atoms. The Morgan fingerprint density at radius 1 is 1.31 bits per heavy atom. The number of rotatable bonds is 6. The predicted octanol–water partition coefficient (Wildman–Crippen LogP) is 1.73. The molecule has 3 heteroatoms. The van der Waals surface area contributed by atoms with Crippen molar-refractivity contribution >= 4 is 0 Å². The predicted molar refractivity (Wildman–Crippen MR) is 63.0 cm³/mol. The lowest BCUT2D eigenvalue weighted by Crippen LogP contribution is -2.45. The van der Waals surface area contributed by atoms with E-state index in [0.717, 1.165) is 5.56 Å². The number of ether oxygens (including phenoxy) is 1. The summed E-state index contributed by atoms with van der Waals surface area (Å²) >= 11 is 0. The van der Waals surface area contributed by atoms with E-state index in [1.54, 1.807) is 6.92 Å². The fourth-order valence-corrected chi connectivity index (χ4v) is 1.50. The normalized spacial score (nSPS) is 16.8. The maximum atomic E-state index is 9.77. The molecule has 1 rings (SSSR count). The molecule has 0 saturated heterocycles. The van der Waals surface area contributed by atoms with Crippen molar-refractivity contribution in [2.45, 2.75) is 38.6 Å². The highest BCUT2D eigenvalue weighted by atomic mass is 16.5. The molecule has 2 N–H and O–H groups in total. The van der Waals surface area contributed by atoms with Crippen molar-refractivity contribution in [3.05, 3.63) is 35.9 Å². The van der Waals surface area contributed by atoms with Gasteiger partial charge < -0.3 is 14.9 Å². The average Bonchev–Trinajstić information content (AvgIpc) is 2.36. The van der Waals surface area contributed by atoms with Crippen LogP contribution in [0.15, 0.2) is 30.3 Å². The molecule has 1 aromatic rings. The van der Waals surface area contributed by atoms with Crippen LogP contribution in [0.1, 0.15) is 25.8 Å². The molecule has 0 unspecified atom stereocenters. The van der Waals surface area contributed by atoms with Crippen LogP contribution in [-0.4, -0.2) is 28.5 Å². The van der Waals surface area contributed by atoms with Crippen molar-refractivity contribution in [2.24, 2.45) is 0 Å². The van der Waals surface area contributed by atoms with Gasteiger partial charge in [-0.1, -0.05) is 37.3 Å². The summed E-state index contributed by atoms with van der Waals surface area (Å²) in [6.07, 6.45) is -0.0903. The van der Waals surface area contributed by atoms with E-state index >= 15 is 0 Å². The van der Waals surface area contributed by atoms with Gasteiger partial charge in [0.2, 0.25) is 0 Å². The second-order valence-electron chi connectivity index (χ2n) is 4.17. The molecule has 90 valence electrons. The second kappa shape index (κ2) is 5.99. The highest BCUT2D eigenvalue weighted by molar-refractivity contribution is 5.13. The maximum absolute atomic E-state index is 9.77. The molecule has 3 nitrogen and oxygen atoms in total. The zero-order chi connectivity index (χ0) is 12.0. The third-order valence-electron chi connectivity index (χ3n) is 2.82. The summed E-state index contributed by atoms with van der Waals surface area (Å²) in [5.41, 5.74) is 0.149. The van der Waals surface area contributed by atoms with Gasteiger partial charge in [0.05, 0.1) is 19.3 Å². The first kappa shape index (κ1) is 13.2. The molecule has 0 aliphatic carbocycles. The SMILES string of the molecule is CC[C@@H](O)[C@](C)(CO)OCc1ccccc1. The largest absolute Gasteiger partial charge is 0.393 e. The van der Waals surface area contributed by atoms with Crippen molar-refractivity contribution < 1.29 is 14.9 Å². The Kier molecular flexibility index (Phi) is 4.93. The van der Waals surface area contributed by atoms with Gasteiger partial charge in [0.1, 0.15) is 5.60 Å². The molecule has 0 saturated carbocycles. The van der Waals surface area contributed by atoms with E-state index in [1.165, 1.54) is 0 Å². The number of aliphatic hydroxyl groups excluding tert-OH is 2. The van der Waals surface area contributed by atoms with Crippen LogP contribution < -0.4 is 0 Å². The van der Waals surface area contributed by atoms with Gasteiger partial charge in [0.25, 0.3) is 0 Å². The highest BCUT2D eigenvalue weighted by Crippen LogP contribution is 2.19. The van der Waals surface area contributed by atoms with Crippen molar-refractivity contribution in [1.29, 1.82) is 0 Å². The summed E-state index contributed by atoms with van der Waals surface area (Å²) in [6, 6.07) is 9.72. The van der Waals surface area contributed by atoms with Gasteiger partial charge in [-0.15, -0.1) is 0 Å². The van der Waals surface area contributed by atoms with Gasteiger partial charge in [0, 0.05) is 0 Å². The fraction of sp³-hybridized carbons (Fsp3) is 0.538. The van der Waals surface area contributed by atoms with E-state index in [2.05, 4.69) is 0 Å². The third kappa shape index (κ3) is 3.30. The van der Waals surface area contributed by atoms with Crippen LogP contribution in [0, 0.1) is 0 Å². The Balaban J connectivity index is 2.58. The summed E-state index contributed by atoms with van der Waals surface area (Å²) in [5.74, 6) is 0. The Morgan fingerprint density at radius 2 is 1.94 bits per heavy atom. The second-order valence-corrected chi connectivity index (χ2v) is 4.17. The lowest BCUT2D eigenvalue weighted by Gasteiger charge is -2.32. The summed E-state index contributed by atoms with van der Waals surface area (Å²) < 4.78 is 5.62. The summed E-state index contributed by atoms with van der Waals surface area (Å²) in [6.45, 7) is 3.80. The molecule has 1 aromatic carbocycles. The van der Waals surface area contributed by atoms with Crippen molar-refractivity contribution in [3.63, 3.8) is 0 Å². The number of hydrogen-bond acceptors (Lipinski definition) is 3. The van der Waals surface area contributed by atoms with Gasteiger partial charge in [-0.25, -0.2) is 0 Å². The van der Waals surface area contributed by atoms with Crippen molar-refractivity contribution in [1.82, 2.24) is 0 Å². The minimum absolute atomic E-state index is 0.186. The van der Waals surface area contributed by atoms with Crippen LogP contribution >= 0.6 is 0 Å². The lowest BCUT2D eigenvalue weighted by molar-refractivity contribution is -0.144. The molecule has 16 heavy (non-hydrogen) atoms. The molecule has 0 aliphatic rings. The molecule has 0 spiro atoms. The molecular formula is C13H20O3. The summed E-state index contributed by atoms with van der Waals surface area (Å²) in [4.78, 5) is 0. The van der Waals surface area contributed by atoms with Crippen molar-refractivity contribution in [3.8, 4) is 0 Å². The Labute approximate surface area is 96.7 Å². The van der Waals surface area contributed by atoms with Crippen LogP contribution in [0.5, 0.6) is 0 Å². The topological polar surface area (TPSA) is 49.7 Å². The van der Waals surface area contributed by atoms with E-state index in [4.69, 9.17) is 4.74 Å². The Bertz CT molecular complexity index is 299.